The van der Waals surface area contributed by atoms with E-state index in [4.69, 9.17) is 22.9 Å². The highest BCUT2D eigenvalue weighted by atomic mass is 32.1. The van der Waals surface area contributed by atoms with Gasteiger partial charge < -0.3 is 11.1 Å². The number of rotatable bonds is 3. The predicted molar refractivity (Wildman–Crippen MR) is 84.3 cm³/mol. The highest BCUT2D eigenvalue weighted by Gasteiger charge is 2.16. The molecule has 0 radical (unpaired) electrons. The van der Waals surface area contributed by atoms with Crippen LogP contribution in [0.2, 0.25) is 0 Å². The van der Waals surface area contributed by atoms with Gasteiger partial charge in [-0.25, -0.2) is 4.98 Å². The lowest BCUT2D eigenvalue weighted by Gasteiger charge is -2.19. The molecule has 0 fully saturated rings. The van der Waals surface area contributed by atoms with Crippen LogP contribution in [0.5, 0.6) is 0 Å². The highest BCUT2D eigenvalue weighted by molar-refractivity contribution is 7.80. The number of nitrogens with zero attached hydrogens (tertiary/aromatic N) is 2. The summed E-state index contributed by atoms with van der Waals surface area (Å²) in [4.78, 5) is 9.18. The fraction of sp³-hybridized carbons (Fsp3) is 0.267. The SMILES string of the molecule is NC(=S)c1cc2c(nc1Nc1cccnc1)CCCC2. The minimum absolute atomic E-state index is 0.372. The molecule has 20 heavy (non-hydrogen) atoms. The van der Waals surface area contributed by atoms with Crippen LogP contribution in [0.15, 0.2) is 30.6 Å². The summed E-state index contributed by atoms with van der Waals surface area (Å²) in [7, 11) is 0. The largest absolute Gasteiger partial charge is 0.389 e. The van der Waals surface area contributed by atoms with Gasteiger partial charge in [-0.2, -0.15) is 0 Å². The van der Waals surface area contributed by atoms with Crippen molar-refractivity contribution >= 4 is 28.7 Å². The summed E-state index contributed by atoms with van der Waals surface area (Å²) in [6.45, 7) is 0. The zero-order chi connectivity index (χ0) is 13.9. The normalized spacial score (nSPS) is 13.6. The maximum Gasteiger partial charge on any atom is 0.140 e. The van der Waals surface area contributed by atoms with Crippen molar-refractivity contribution in [3.05, 3.63) is 47.4 Å². The Bertz CT molecular complexity index is 640. The van der Waals surface area contributed by atoms with E-state index in [1.807, 2.05) is 12.1 Å². The Balaban J connectivity index is 2.02. The number of hydrogen-bond donors (Lipinski definition) is 2. The van der Waals surface area contributed by atoms with E-state index >= 15 is 0 Å². The first kappa shape index (κ1) is 13.0. The Labute approximate surface area is 123 Å². The monoisotopic (exact) mass is 284 g/mol. The van der Waals surface area contributed by atoms with E-state index in [9.17, 15) is 0 Å². The van der Waals surface area contributed by atoms with Gasteiger partial charge in [0, 0.05) is 11.9 Å². The Morgan fingerprint density at radius 3 is 2.90 bits per heavy atom. The van der Waals surface area contributed by atoms with Crippen LogP contribution >= 0.6 is 12.2 Å². The van der Waals surface area contributed by atoms with Crippen molar-refractivity contribution in [3.8, 4) is 0 Å². The molecule has 102 valence electrons. The molecule has 1 aliphatic rings. The summed E-state index contributed by atoms with van der Waals surface area (Å²) < 4.78 is 0. The molecule has 4 nitrogen and oxygen atoms in total. The second-order valence-corrected chi connectivity index (χ2v) is 5.37. The lowest BCUT2D eigenvalue weighted by molar-refractivity contribution is 0.668. The van der Waals surface area contributed by atoms with Gasteiger partial charge in [0.05, 0.1) is 17.4 Å². The summed E-state index contributed by atoms with van der Waals surface area (Å²) in [5.41, 5.74) is 9.96. The van der Waals surface area contributed by atoms with Crippen LogP contribution in [0.4, 0.5) is 11.5 Å². The molecule has 2 aromatic heterocycles. The van der Waals surface area contributed by atoms with E-state index in [-0.39, 0.29) is 0 Å². The molecule has 0 aliphatic heterocycles. The van der Waals surface area contributed by atoms with Crippen LogP contribution in [0.3, 0.4) is 0 Å². The first-order chi connectivity index (χ1) is 9.74. The average Bonchev–Trinajstić information content (AvgIpc) is 2.47. The Hall–Kier alpha value is -2.01. The van der Waals surface area contributed by atoms with Crippen LogP contribution in [-0.2, 0) is 12.8 Å². The molecule has 0 bridgehead atoms. The topological polar surface area (TPSA) is 63.8 Å². The number of anilines is 2. The molecule has 0 spiro atoms. The average molecular weight is 284 g/mol. The lowest BCUT2D eigenvalue weighted by atomic mass is 9.94. The molecule has 3 N–H and O–H groups in total. The molecule has 0 unspecified atom stereocenters. The van der Waals surface area contributed by atoms with Gasteiger partial charge in [-0.15, -0.1) is 0 Å². The van der Waals surface area contributed by atoms with E-state index < -0.39 is 0 Å². The highest BCUT2D eigenvalue weighted by Crippen LogP contribution is 2.26. The number of hydrogen-bond acceptors (Lipinski definition) is 4. The predicted octanol–water partition coefficient (Wildman–Crippen LogP) is 2.73. The zero-order valence-corrected chi connectivity index (χ0v) is 11.9. The van der Waals surface area contributed by atoms with E-state index in [0.29, 0.717) is 4.99 Å². The van der Waals surface area contributed by atoms with Gasteiger partial charge in [0.1, 0.15) is 10.8 Å². The number of fused-ring (bicyclic) bond motifs is 1. The summed E-state index contributed by atoms with van der Waals surface area (Å²) in [5.74, 6) is 0.728. The van der Waals surface area contributed by atoms with Crippen LogP contribution in [0.1, 0.15) is 29.7 Å². The van der Waals surface area contributed by atoms with E-state index in [0.717, 1.165) is 35.6 Å². The van der Waals surface area contributed by atoms with Crippen molar-refractivity contribution in [3.63, 3.8) is 0 Å². The Morgan fingerprint density at radius 2 is 2.15 bits per heavy atom. The van der Waals surface area contributed by atoms with Gasteiger partial charge in [-0.1, -0.05) is 12.2 Å². The van der Waals surface area contributed by atoms with Crippen LogP contribution in [0, 0.1) is 0 Å². The smallest absolute Gasteiger partial charge is 0.140 e. The van der Waals surface area contributed by atoms with Crippen molar-refractivity contribution in [1.82, 2.24) is 9.97 Å². The number of pyridine rings is 2. The lowest BCUT2D eigenvalue weighted by Crippen LogP contribution is -2.16. The molecule has 2 aromatic rings. The van der Waals surface area contributed by atoms with Gasteiger partial charge in [0.25, 0.3) is 0 Å². The van der Waals surface area contributed by atoms with Gasteiger partial charge in [0.15, 0.2) is 0 Å². The third-order valence-electron chi connectivity index (χ3n) is 3.49. The molecule has 2 heterocycles. The molecule has 0 saturated heterocycles. The minimum atomic E-state index is 0.372. The quantitative estimate of drug-likeness (QED) is 0.849. The molecule has 0 amide bonds. The number of nitrogens with two attached hydrogens (primary N) is 1. The number of nitrogens with one attached hydrogen (secondary N) is 1. The van der Waals surface area contributed by atoms with Gasteiger partial charge in [0.2, 0.25) is 0 Å². The first-order valence-electron chi connectivity index (χ1n) is 6.73. The fourth-order valence-corrected chi connectivity index (χ4v) is 2.65. The molecule has 3 rings (SSSR count). The van der Waals surface area contributed by atoms with Crippen molar-refractivity contribution in [2.45, 2.75) is 25.7 Å². The van der Waals surface area contributed by atoms with Crippen molar-refractivity contribution in [1.29, 1.82) is 0 Å². The first-order valence-corrected chi connectivity index (χ1v) is 7.14. The van der Waals surface area contributed by atoms with Gasteiger partial charge in [-0.05, 0) is 49.4 Å². The third kappa shape index (κ3) is 2.63. The second-order valence-electron chi connectivity index (χ2n) is 4.93. The molecule has 0 atom stereocenters. The molecule has 5 heteroatoms. The second kappa shape index (κ2) is 5.54. The van der Waals surface area contributed by atoms with E-state index in [1.54, 1.807) is 12.4 Å². The van der Waals surface area contributed by atoms with Crippen molar-refractivity contribution in [2.24, 2.45) is 5.73 Å². The third-order valence-corrected chi connectivity index (χ3v) is 3.71. The van der Waals surface area contributed by atoms with Crippen LogP contribution in [0.25, 0.3) is 0 Å². The number of aromatic nitrogens is 2. The van der Waals surface area contributed by atoms with Crippen LogP contribution in [-0.4, -0.2) is 15.0 Å². The summed E-state index contributed by atoms with van der Waals surface area (Å²) in [6.07, 6.45) is 7.98. The summed E-state index contributed by atoms with van der Waals surface area (Å²) in [6, 6.07) is 5.90. The number of thiocarbonyl (C=S) groups is 1. The Morgan fingerprint density at radius 1 is 1.30 bits per heavy atom. The standard InChI is InChI=1S/C15H16N4S/c16-14(20)12-8-10-4-1-2-6-13(10)19-15(12)18-11-5-3-7-17-9-11/h3,5,7-9H,1-2,4,6H2,(H2,16,20)(H,18,19). The summed E-state index contributed by atoms with van der Waals surface area (Å²) >= 11 is 5.15. The zero-order valence-electron chi connectivity index (χ0n) is 11.1. The molecular weight excluding hydrogens is 268 g/mol. The van der Waals surface area contributed by atoms with Crippen molar-refractivity contribution < 1.29 is 0 Å². The van der Waals surface area contributed by atoms with Crippen LogP contribution < -0.4 is 11.1 Å². The van der Waals surface area contributed by atoms with E-state index in [2.05, 4.69) is 16.4 Å². The Kier molecular flexibility index (Phi) is 3.60. The molecule has 1 aliphatic carbocycles. The summed E-state index contributed by atoms with van der Waals surface area (Å²) in [5, 5.41) is 3.26. The molecular formula is C15H16N4S. The molecule has 0 saturated carbocycles. The maximum atomic E-state index is 5.84. The van der Waals surface area contributed by atoms with E-state index in [1.165, 1.54) is 18.4 Å². The van der Waals surface area contributed by atoms with Gasteiger partial charge >= 0.3 is 0 Å². The minimum Gasteiger partial charge on any atom is -0.389 e. The van der Waals surface area contributed by atoms with Gasteiger partial charge in [-0.3, -0.25) is 4.98 Å². The fourth-order valence-electron chi connectivity index (χ4n) is 2.49. The van der Waals surface area contributed by atoms with Crippen molar-refractivity contribution in [2.75, 3.05) is 5.32 Å². The molecule has 0 aromatic carbocycles. The maximum absolute atomic E-state index is 5.84. The number of aryl methyl sites for hydroxylation is 2.